The number of carbonyl (C=O) groups excluding carboxylic acids is 1. The first-order chi connectivity index (χ1) is 8.66. The Morgan fingerprint density at radius 1 is 1.28 bits per heavy atom. The molecular formula is C12H10N2O3S. The average Bonchev–Trinajstić information content (AvgIpc) is 2.86. The highest BCUT2D eigenvalue weighted by Crippen LogP contribution is 2.09. The molecule has 2 rings (SSSR count). The molecule has 0 aliphatic heterocycles. The molecular weight excluding hydrogens is 252 g/mol. The van der Waals surface area contributed by atoms with E-state index in [9.17, 15) is 9.59 Å². The number of aromatic nitrogens is 1. The van der Waals surface area contributed by atoms with Crippen molar-refractivity contribution in [3.63, 3.8) is 0 Å². The molecule has 0 aliphatic carbocycles. The van der Waals surface area contributed by atoms with Crippen molar-refractivity contribution in [3.8, 4) is 0 Å². The van der Waals surface area contributed by atoms with E-state index in [1.54, 1.807) is 24.3 Å². The summed E-state index contributed by atoms with van der Waals surface area (Å²) in [5, 5.41) is 13.4. The van der Waals surface area contributed by atoms with Crippen LogP contribution in [0, 0.1) is 0 Å². The Bertz CT molecular complexity index is 566. The van der Waals surface area contributed by atoms with E-state index in [1.807, 2.05) is 6.07 Å². The van der Waals surface area contributed by atoms with Crippen LogP contribution < -0.4 is 5.32 Å². The molecule has 1 aromatic heterocycles. The van der Waals surface area contributed by atoms with Gasteiger partial charge in [0, 0.05) is 10.9 Å². The largest absolute Gasteiger partial charge is 0.476 e. The standard InChI is InChI=1S/C12H10N2O3S/c15-11(8-4-2-1-3-5-8)13-6-10-14-9(7-18-10)12(16)17/h1-5,7H,6H2,(H,13,15)(H,16,17). The second-order valence-electron chi connectivity index (χ2n) is 3.48. The molecule has 2 N–H and O–H groups in total. The van der Waals surface area contributed by atoms with Gasteiger partial charge in [0.15, 0.2) is 5.69 Å². The number of carbonyl (C=O) groups is 2. The second-order valence-corrected chi connectivity index (χ2v) is 4.42. The fourth-order valence-electron chi connectivity index (χ4n) is 1.34. The minimum absolute atomic E-state index is 0.00367. The molecule has 0 radical (unpaired) electrons. The van der Waals surface area contributed by atoms with Crippen molar-refractivity contribution in [1.29, 1.82) is 0 Å². The first-order valence-electron chi connectivity index (χ1n) is 5.18. The van der Waals surface area contributed by atoms with Crippen molar-refractivity contribution in [2.24, 2.45) is 0 Å². The van der Waals surface area contributed by atoms with Crippen LogP contribution in [0.2, 0.25) is 0 Å². The average molecular weight is 262 g/mol. The summed E-state index contributed by atoms with van der Waals surface area (Å²) in [6, 6.07) is 8.80. The number of rotatable bonds is 4. The van der Waals surface area contributed by atoms with Gasteiger partial charge in [-0.25, -0.2) is 9.78 Å². The Morgan fingerprint density at radius 2 is 2.00 bits per heavy atom. The molecule has 1 aromatic carbocycles. The monoisotopic (exact) mass is 262 g/mol. The van der Waals surface area contributed by atoms with Crippen LogP contribution in [0.15, 0.2) is 35.7 Å². The van der Waals surface area contributed by atoms with Crippen LogP contribution in [0.5, 0.6) is 0 Å². The molecule has 92 valence electrons. The van der Waals surface area contributed by atoms with E-state index in [1.165, 1.54) is 16.7 Å². The van der Waals surface area contributed by atoms with Crippen molar-refractivity contribution in [3.05, 3.63) is 52.0 Å². The number of aromatic carboxylic acids is 1. The quantitative estimate of drug-likeness (QED) is 0.880. The molecule has 5 nitrogen and oxygen atoms in total. The Balaban J connectivity index is 1.95. The number of hydrogen-bond donors (Lipinski definition) is 2. The van der Waals surface area contributed by atoms with Crippen LogP contribution >= 0.6 is 11.3 Å². The van der Waals surface area contributed by atoms with E-state index in [0.717, 1.165) is 0 Å². The summed E-state index contributed by atoms with van der Waals surface area (Å²) in [6.45, 7) is 0.228. The van der Waals surface area contributed by atoms with Gasteiger partial charge in [-0.15, -0.1) is 11.3 Å². The Morgan fingerprint density at radius 3 is 2.61 bits per heavy atom. The number of nitrogens with zero attached hydrogens (tertiary/aromatic N) is 1. The molecule has 18 heavy (non-hydrogen) atoms. The number of thiazole rings is 1. The molecule has 0 bridgehead atoms. The normalized spacial score (nSPS) is 10.0. The Kier molecular flexibility index (Phi) is 3.69. The molecule has 1 amide bonds. The highest BCUT2D eigenvalue weighted by atomic mass is 32.1. The zero-order valence-corrected chi connectivity index (χ0v) is 10.1. The van der Waals surface area contributed by atoms with Gasteiger partial charge in [-0.1, -0.05) is 18.2 Å². The lowest BCUT2D eigenvalue weighted by molar-refractivity contribution is 0.0691. The minimum Gasteiger partial charge on any atom is -0.476 e. The summed E-state index contributed by atoms with van der Waals surface area (Å²) in [4.78, 5) is 26.2. The first kappa shape index (κ1) is 12.3. The van der Waals surface area contributed by atoms with E-state index in [0.29, 0.717) is 10.6 Å². The summed E-state index contributed by atoms with van der Waals surface area (Å²) in [7, 11) is 0. The minimum atomic E-state index is -1.06. The molecule has 0 spiro atoms. The van der Waals surface area contributed by atoms with Crippen molar-refractivity contribution >= 4 is 23.2 Å². The predicted molar refractivity (Wildman–Crippen MR) is 66.7 cm³/mol. The van der Waals surface area contributed by atoms with Crippen LogP contribution in [0.1, 0.15) is 25.9 Å². The van der Waals surface area contributed by atoms with Crippen molar-refractivity contribution in [1.82, 2.24) is 10.3 Å². The fraction of sp³-hybridized carbons (Fsp3) is 0.0833. The zero-order chi connectivity index (χ0) is 13.0. The van der Waals surface area contributed by atoms with Crippen LogP contribution in [-0.4, -0.2) is 22.0 Å². The van der Waals surface area contributed by atoms with E-state index >= 15 is 0 Å². The second kappa shape index (κ2) is 5.42. The highest BCUT2D eigenvalue weighted by Gasteiger charge is 2.10. The van der Waals surface area contributed by atoms with Gasteiger partial charge in [-0.3, -0.25) is 4.79 Å². The fourth-order valence-corrected chi connectivity index (χ4v) is 2.05. The van der Waals surface area contributed by atoms with Crippen molar-refractivity contribution in [2.45, 2.75) is 6.54 Å². The van der Waals surface area contributed by atoms with Crippen LogP contribution in [0.3, 0.4) is 0 Å². The van der Waals surface area contributed by atoms with Gasteiger partial charge in [-0.2, -0.15) is 0 Å². The third-order valence-corrected chi connectivity index (χ3v) is 3.06. The Labute approximate surface area is 107 Å². The first-order valence-corrected chi connectivity index (χ1v) is 6.06. The number of benzene rings is 1. The van der Waals surface area contributed by atoms with Gasteiger partial charge in [0.1, 0.15) is 5.01 Å². The summed E-state index contributed by atoms with van der Waals surface area (Å²) in [5.41, 5.74) is 0.566. The van der Waals surface area contributed by atoms with E-state index in [2.05, 4.69) is 10.3 Å². The zero-order valence-electron chi connectivity index (χ0n) is 9.29. The lowest BCUT2D eigenvalue weighted by Gasteiger charge is -2.02. The smallest absolute Gasteiger partial charge is 0.355 e. The lowest BCUT2D eigenvalue weighted by atomic mass is 10.2. The van der Waals surface area contributed by atoms with Gasteiger partial charge in [0.2, 0.25) is 0 Å². The maximum absolute atomic E-state index is 11.7. The lowest BCUT2D eigenvalue weighted by Crippen LogP contribution is -2.22. The molecule has 0 saturated heterocycles. The third-order valence-electron chi connectivity index (χ3n) is 2.21. The summed E-state index contributed by atoms with van der Waals surface area (Å²) >= 11 is 1.21. The number of carboxylic acid groups (broad SMARTS) is 1. The van der Waals surface area contributed by atoms with Gasteiger partial charge in [-0.05, 0) is 12.1 Å². The van der Waals surface area contributed by atoms with Gasteiger partial charge < -0.3 is 10.4 Å². The van der Waals surface area contributed by atoms with E-state index < -0.39 is 5.97 Å². The molecule has 6 heteroatoms. The van der Waals surface area contributed by atoms with Gasteiger partial charge in [0.25, 0.3) is 5.91 Å². The number of amides is 1. The number of hydrogen-bond acceptors (Lipinski definition) is 4. The molecule has 0 atom stereocenters. The van der Waals surface area contributed by atoms with E-state index in [4.69, 9.17) is 5.11 Å². The van der Waals surface area contributed by atoms with Gasteiger partial charge >= 0.3 is 5.97 Å². The molecule has 0 aliphatic rings. The summed E-state index contributed by atoms with van der Waals surface area (Å²) in [5.74, 6) is -1.27. The van der Waals surface area contributed by atoms with Crippen molar-refractivity contribution in [2.75, 3.05) is 0 Å². The summed E-state index contributed by atoms with van der Waals surface area (Å²) in [6.07, 6.45) is 0. The molecule has 1 heterocycles. The molecule has 0 fully saturated rings. The molecule has 2 aromatic rings. The Hall–Kier alpha value is -2.21. The van der Waals surface area contributed by atoms with Crippen LogP contribution in [0.4, 0.5) is 0 Å². The summed E-state index contributed by atoms with van der Waals surface area (Å²) < 4.78 is 0. The molecule has 0 saturated carbocycles. The highest BCUT2D eigenvalue weighted by molar-refractivity contribution is 7.09. The topological polar surface area (TPSA) is 79.3 Å². The number of nitrogens with one attached hydrogen (secondary N) is 1. The molecule has 0 unspecified atom stereocenters. The van der Waals surface area contributed by atoms with Crippen LogP contribution in [-0.2, 0) is 6.54 Å². The van der Waals surface area contributed by atoms with Crippen molar-refractivity contribution < 1.29 is 14.7 Å². The third kappa shape index (κ3) is 2.92. The predicted octanol–water partition coefficient (Wildman–Crippen LogP) is 1.77. The van der Waals surface area contributed by atoms with Gasteiger partial charge in [0.05, 0.1) is 6.54 Å². The number of carboxylic acids is 1. The SMILES string of the molecule is O=C(NCc1nc(C(=O)O)cs1)c1ccccc1. The maximum Gasteiger partial charge on any atom is 0.355 e. The maximum atomic E-state index is 11.7. The van der Waals surface area contributed by atoms with Crippen LogP contribution in [0.25, 0.3) is 0 Å². The van der Waals surface area contributed by atoms with E-state index in [-0.39, 0.29) is 18.1 Å².